The van der Waals surface area contributed by atoms with E-state index in [1.807, 2.05) is 13.2 Å². The van der Waals surface area contributed by atoms with E-state index in [4.69, 9.17) is 19.6 Å². The lowest BCUT2D eigenvalue weighted by Crippen LogP contribution is -1.99. The molecule has 0 radical (unpaired) electrons. The molecule has 0 bridgehead atoms. The second kappa shape index (κ2) is 6.95. The van der Waals surface area contributed by atoms with Crippen LogP contribution in [-0.4, -0.2) is 18.8 Å². The first-order chi connectivity index (χ1) is 4.31. The van der Waals surface area contributed by atoms with Gasteiger partial charge in [0.2, 0.25) is 0 Å². The third-order valence-corrected chi connectivity index (χ3v) is 2.29. The molecule has 56 valence electrons. The van der Waals surface area contributed by atoms with E-state index in [1.165, 1.54) is 0 Å². The molecule has 0 aliphatic carbocycles. The van der Waals surface area contributed by atoms with Crippen molar-refractivity contribution in [2.75, 3.05) is 18.8 Å². The summed E-state index contributed by atoms with van der Waals surface area (Å²) in [4.78, 5) is 0. The van der Waals surface area contributed by atoms with Crippen LogP contribution in [0.3, 0.4) is 0 Å². The molecule has 0 aromatic rings. The van der Waals surface area contributed by atoms with Gasteiger partial charge in [0.15, 0.2) is 0 Å². The van der Waals surface area contributed by atoms with Crippen LogP contribution in [-0.2, 0) is 29.6 Å². The zero-order chi connectivity index (χ0) is 7.11. The molecule has 0 spiro atoms. The molecule has 0 aromatic heterocycles. The van der Waals surface area contributed by atoms with E-state index in [-0.39, 0.29) is 0 Å². The van der Waals surface area contributed by atoms with Gasteiger partial charge in [0.25, 0.3) is 0 Å². The van der Waals surface area contributed by atoms with Gasteiger partial charge in [-0.25, -0.2) is 0 Å². The highest BCUT2D eigenvalue weighted by Gasteiger charge is 1.90. The first kappa shape index (κ1) is 9.84. The Bertz CT molecular complexity index is 85.9. The molecule has 1 unspecified atom stereocenters. The maximum Gasteiger partial charge on any atom is 0.149 e. The fourth-order valence-corrected chi connectivity index (χ4v) is 1.82. The molecule has 0 saturated heterocycles. The Kier molecular flexibility index (Phi) is 7.60. The molecular formula is C4H10O2S3. The van der Waals surface area contributed by atoms with Gasteiger partial charge in [0.05, 0.1) is 6.61 Å². The fraction of sp³-hybridized carbons (Fsp3) is 1.00. The molecule has 0 fully saturated rings. The third kappa shape index (κ3) is 6.73. The highest BCUT2D eigenvalue weighted by atomic mass is 32.8. The maximum atomic E-state index is 5.01. The van der Waals surface area contributed by atoms with Crippen molar-refractivity contribution in [2.24, 2.45) is 0 Å². The van der Waals surface area contributed by atoms with Crippen molar-refractivity contribution < 1.29 is 8.37 Å². The van der Waals surface area contributed by atoms with Gasteiger partial charge < -0.3 is 0 Å². The molecule has 0 rings (SSSR count). The summed E-state index contributed by atoms with van der Waals surface area (Å²) in [6, 6.07) is 0. The molecule has 0 aliphatic heterocycles. The van der Waals surface area contributed by atoms with E-state index < -0.39 is 10.0 Å². The second-order valence-corrected chi connectivity index (χ2v) is 3.64. The first-order valence-corrected chi connectivity index (χ1v) is 5.88. The monoisotopic (exact) mass is 186 g/mol. The van der Waals surface area contributed by atoms with Gasteiger partial charge in [0.1, 0.15) is 16.0 Å². The highest BCUT2D eigenvalue weighted by Crippen LogP contribution is 1.96. The van der Waals surface area contributed by atoms with Gasteiger partial charge >= 0.3 is 0 Å². The molecule has 5 heteroatoms. The van der Waals surface area contributed by atoms with Crippen molar-refractivity contribution >= 4 is 33.0 Å². The molecule has 9 heavy (non-hydrogen) atoms. The van der Waals surface area contributed by atoms with Crippen molar-refractivity contribution in [2.45, 2.75) is 6.92 Å². The van der Waals surface area contributed by atoms with E-state index in [0.29, 0.717) is 12.5 Å². The van der Waals surface area contributed by atoms with Gasteiger partial charge in [-0.2, -0.15) is 0 Å². The van der Waals surface area contributed by atoms with Crippen molar-refractivity contribution in [3.05, 3.63) is 0 Å². The molecule has 0 saturated carbocycles. The van der Waals surface area contributed by atoms with Crippen molar-refractivity contribution in [3.8, 4) is 0 Å². The Hall–Kier alpha value is 0.840. The molecular weight excluding hydrogens is 176 g/mol. The normalized spacial score (nSPS) is 13.6. The predicted molar refractivity (Wildman–Crippen MR) is 45.8 cm³/mol. The zero-order valence-corrected chi connectivity index (χ0v) is 7.90. The lowest BCUT2D eigenvalue weighted by molar-refractivity contribution is 0.323. The smallest absolute Gasteiger partial charge is 0.149 e. The van der Waals surface area contributed by atoms with Crippen molar-refractivity contribution in [1.82, 2.24) is 0 Å². The van der Waals surface area contributed by atoms with E-state index in [0.717, 1.165) is 0 Å². The van der Waals surface area contributed by atoms with Crippen LogP contribution >= 0.6 is 11.8 Å². The van der Waals surface area contributed by atoms with Crippen LogP contribution in [0.15, 0.2) is 0 Å². The first-order valence-electron chi connectivity index (χ1n) is 2.48. The average molecular weight is 186 g/mol. The summed E-state index contributed by atoms with van der Waals surface area (Å²) in [5, 5.41) is 0. The summed E-state index contributed by atoms with van der Waals surface area (Å²) in [5.41, 5.74) is 0. The minimum Gasteiger partial charge on any atom is -0.291 e. The van der Waals surface area contributed by atoms with Crippen LogP contribution in [0.2, 0.25) is 0 Å². The van der Waals surface area contributed by atoms with Crippen LogP contribution in [0.25, 0.3) is 0 Å². The Morgan fingerprint density at radius 3 is 2.67 bits per heavy atom. The molecule has 0 aliphatic rings. The Labute approximate surface area is 67.3 Å². The predicted octanol–water partition coefficient (Wildman–Crippen LogP) is 1.27. The minimum absolute atomic E-state index is 0.618. The van der Waals surface area contributed by atoms with Crippen LogP contribution in [0.1, 0.15) is 6.92 Å². The van der Waals surface area contributed by atoms with Crippen LogP contribution in [0, 0.1) is 0 Å². The largest absolute Gasteiger partial charge is 0.291 e. The second-order valence-electron chi connectivity index (χ2n) is 1.14. The molecule has 0 heterocycles. The van der Waals surface area contributed by atoms with Crippen molar-refractivity contribution in [1.29, 1.82) is 0 Å². The Balaban J connectivity index is 3.06. The summed E-state index contributed by atoms with van der Waals surface area (Å²) in [7, 11) is -0.707. The van der Waals surface area contributed by atoms with E-state index in [9.17, 15) is 0 Å². The topological polar surface area (TPSA) is 18.5 Å². The fourth-order valence-electron chi connectivity index (χ4n) is 0.218. The zero-order valence-electron chi connectivity index (χ0n) is 5.46. The minimum atomic E-state index is -0.707. The summed E-state index contributed by atoms with van der Waals surface area (Å²) in [6.45, 7) is 2.52. The van der Waals surface area contributed by atoms with Crippen molar-refractivity contribution in [3.63, 3.8) is 0 Å². The molecule has 0 aromatic carbocycles. The molecule has 1 atom stereocenters. The quantitative estimate of drug-likeness (QED) is 0.602. The van der Waals surface area contributed by atoms with Gasteiger partial charge in [-0.1, -0.05) is 0 Å². The lowest BCUT2D eigenvalue weighted by Gasteiger charge is -2.01. The Morgan fingerprint density at radius 1 is 1.56 bits per heavy atom. The van der Waals surface area contributed by atoms with Crippen LogP contribution in [0.5, 0.6) is 0 Å². The van der Waals surface area contributed by atoms with E-state index in [2.05, 4.69) is 0 Å². The molecule has 0 amide bonds. The number of rotatable bonds is 5. The standard InChI is InChI=1S/C4H10O2S3/c1-3-5-9(7)6-4-8-2/h3-4H2,1-2H3. The average Bonchev–Trinajstić information content (AvgIpc) is 1.85. The van der Waals surface area contributed by atoms with Gasteiger partial charge in [-0.15, -0.1) is 11.8 Å². The van der Waals surface area contributed by atoms with E-state index in [1.54, 1.807) is 11.8 Å². The van der Waals surface area contributed by atoms with Gasteiger partial charge in [0, 0.05) is 11.2 Å². The SMILES string of the molecule is CCOS(=S)OCSC. The van der Waals surface area contributed by atoms with Gasteiger partial charge in [-0.05, 0) is 13.2 Å². The summed E-state index contributed by atoms with van der Waals surface area (Å²) < 4.78 is 9.97. The maximum absolute atomic E-state index is 5.01. The molecule has 2 nitrogen and oxygen atoms in total. The number of hydrogen-bond acceptors (Lipinski definition) is 4. The lowest BCUT2D eigenvalue weighted by atomic mass is 10.9. The molecule has 0 N–H and O–H groups in total. The Morgan fingerprint density at radius 2 is 2.22 bits per heavy atom. The number of thioether (sulfide) groups is 1. The van der Waals surface area contributed by atoms with Crippen LogP contribution in [0.4, 0.5) is 0 Å². The summed E-state index contributed by atoms with van der Waals surface area (Å²) in [6.07, 6.45) is 1.96. The third-order valence-electron chi connectivity index (χ3n) is 0.476. The van der Waals surface area contributed by atoms with E-state index >= 15 is 0 Å². The highest BCUT2D eigenvalue weighted by molar-refractivity contribution is 8.23. The van der Waals surface area contributed by atoms with Gasteiger partial charge in [-0.3, -0.25) is 8.37 Å². The number of hydrogen-bond donors (Lipinski definition) is 0. The summed E-state index contributed by atoms with van der Waals surface area (Å²) in [5.74, 6) is 0.618. The van der Waals surface area contributed by atoms with Crippen LogP contribution < -0.4 is 0 Å². The summed E-state index contributed by atoms with van der Waals surface area (Å²) >= 11 is 6.37.